The molecule has 0 aliphatic rings. The van der Waals surface area contributed by atoms with Crippen LogP contribution in [0, 0.1) is 6.92 Å². The quantitative estimate of drug-likeness (QED) is 0.447. The van der Waals surface area contributed by atoms with Gasteiger partial charge in [0, 0.05) is 0 Å². The fourth-order valence-electron chi connectivity index (χ4n) is 2.04. The van der Waals surface area contributed by atoms with Gasteiger partial charge in [-0.25, -0.2) is 9.78 Å². The van der Waals surface area contributed by atoms with Crippen molar-refractivity contribution in [2.75, 3.05) is 18.9 Å². The Labute approximate surface area is 155 Å². The molecule has 0 fully saturated rings. The van der Waals surface area contributed by atoms with Crippen molar-refractivity contribution in [2.45, 2.75) is 27.2 Å². The normalized spacial score (nSPS) is 10.9. The fourth-order valence-corrected chi connectivity index (χ4v) is 2.84. The molecular weight excluding hydrogens is 356 g/mol. The topological polar surface area (TPSA) is 116 Å². The first-order chi connectivity index (χ1) is 12.4. The zero-order valence-electron chi connectivity index (χ0n) is 14.8. The van der Waals surface area contributed by atoms with E-state index in [1.807, 2.05) is 13.0 Å². The summed E-state index contributed by atoms with van der Waals surface area (Å²) in [5, 5.41) is 8.37. The lowest BCUT2D eigenvalue weighted by molar-refractivity contribution is -0.142. The standard InChI is InChI=1S/C17H20N4O4S/c1-4-24-14(22)9-13-15(16(23)25-5-2)26-17(19-13)21-20-12-8-10(3)6-7-11(12)18/h6-8H,4-5,9,18H2,1-3H3. The highest BCUT2D eigenvalue weighted by Gasteiger charge is 2.22. The molecule has 0 unspecified atom stereocenters. The Morgan fingerprint density at radius 2 is 1.92 bits per heavy atom. The highest BCUT2D eigenvalue weighted by molar-refractivity contribution is 7.17. The van der Waals surface area contributed by atoms with Gasteiger partial charge in [0.1, 0.15) is 10.6 Å². The number of nitrogen functional groups attached to an aromatic ring is 1. The third kappa shape index (κ3) is 5.09. The van der Waals surface area contributed by atoms with Crippen molar-refractivity contribution in [3.05, 3.63) is 34.3 Å². The maximum Gasteiger partial charge on any atom is 0.350 e. The number of rotatable bonds is 7. The minimum atomic E-state index is -0.555. The van der Waals surface area contributed by atoms with Gasteiger partial charge in [-0.2, -0.15) is 0 Å². The number of hydrogen-bond acceptors (Lipinski definition) is 9. The van der Waals surface area contributed by atoms with Gasteiger partial charge in [-0.05, 0) is 38.5 Å². The maximum atomic E-state index is 12.1. The molecular formula is C17H20N4O4S. The Hall–Kier alpha value is -2.81. The summed E-state index contributed by atoms with van der Waals surface area (Å²) in [4.78, 5) is 28.3. The molecule has 2 aromatic rings. The van der Waals surface area contributed by atoms with Gasteiger partial charge in [0.25, 0.3) is 0 Å². The largest absolute Gasteiger partial charge is 0.466 e. The number of benzene rings is 1. The summed E-state index contributed by atoms with van der Waals surface area (Å²) < 4.78 is 9.92. The number of esters is 2. The number of carbonyl (C=O) groups excluding carboxylic acids is 2. The van der Waals surface area contributed by atoms with Gasteiger partial charge in [0.05, 0.1) is 31.0 Å². The van der Waals surface area contributed by atoms with E-state index in [-0.39, 0.29) is 35.3 Å². The second kappa shape index (κ2) is 9.04. The van der Waals surface area contributed by atoms with E-state index in [4.69, 9.17) is 15.2 Å². The Bertz CT molecular complexity index is 832. The predicted octanol–water partition coefficient (Wildman–Crippen LogP) is 3.73. The first-order valence-electron chi connectivity index (χ1n) is 8.04. The molecule has 0 atom stereocenters. The molecule has 0 radical (unpaired) electrons. The summed E-state index contributed by atoms with van der Waals surface area (Å²) in [6, 6.07) is 5.40. The Morgan fingerprint density at radius 1 is 1.19 bits per heavy atom. The summed E-state index contributed by atoms with van der Waals surface area (Å²) in [7, 11) is 0. The molecule has 0 saturated heterocycles. The second-order valence-electron chi connectivity index (χ2n) is 5.24. The number of aryl methyl sites for hydroxylation is 1. The molecule has 2 N–H and O–H groups in total. The molecule has 0 saturated carbocycles. The van der Waals surface area contributed by atoms with Crippen LogP contribution in [0.4, 0.5) is 16.5 Å². The van der Waals surface area contributed by atoms with Crippen LogP contribution in [0.5, 0.6) is 0 Å². The van der Waals surface area contributed by atoms with Crippen molar-refractivity contribution in [1.29, 1.82) is 0 Å². The van der Waals surface area contributed by atoms with Crippen LogP contribution in [0.3, 0.4) is 0 Å². The zero-order valence-corrected chi connectivity index (χ0v) is 15.6. The Balaban J connectivity index is 2.30. The molecule has 8 nitrogen and oxygen atoms in total. The molecule has 0 aliphatic heterocycles. The van der Waals surface area contributed by atoms with Crippen molar-refractivity contribution in [2.24, 2.45) is 10.2 Å². The second-order valence-corrected chi connectivity index (χ2v) is 6.21. The minimum Gasteiger partial charge on any atom is -0.466 e. The van der Waals surface area contributed by atoms with E-state index < -0.39 is 11.9 Å². The van der Waals surface area contributed by atoms with E-state index in [0.29, 0.717) is 11.4 Å². The molecule has 0 amide bonds. The molecule has 1 aromatic heterocycles. The fraction of sp³-hybridized carbons (Fsp3) is 0.353. The van der Waals surface area contributed by atoms with E-state index in [1.165, 1.54) is 0 Å². The number of anilines is 1. The van der Waals surface area contributed by atoms with E-state index in [2.05, 4.69) is 15.2 Å². The molecule has 0 bridgehead atoms. The molecule has 1 aromatic carbocycles. The van der Waals surface area contributed by atoms with Crippen LogP contribution < -0.4 is 5.73 Å². The third-order valence-corrected chi connectivity index (χ3v) is 4.16. The van der Waals surface area contributed by atoms with Gasteiger partial charge in [-0.15, -0.1) is 10.2 Å². The average molecular weight is 376 g/mol. The van der Waals surface area contributed by atoms with E-state index in [9.17, 15) is 9.59 Å². The van der Waals surface area contributed by atoms with Gasteiger partial charge in [0.15, 0.2) is 0 Å². The summed E-state index contributed by atoms with van der Waals surface area (Å²) in [5.41, 5.74) is 8.10. The summed E-state index contributed by atoms with van der Waals surface area (Å²) >= 11 is 1.00. The molecule has 0 spiro atoms. The number of thiazole rings is 1. The lowest BCUT2D eigenvalue weighted by atomic mass is 10.2. The SMILES string of the molecule is CCOC(=O)Cc1nc(N=Nc2cc(C)ccc2N)sc1C(=O)OCC. The van der Waals surface area contributed by atoms with E-state index in [0.717, 1.165) is 16.9 Å². The number of aromatic nitrogens is 1. The Kier molecular flexibility index (Phi) is 6.79. The number of azo groups is 1. The smallest absolute Gasteiger partial charge is 0.350 e. The van der Waals surface area contributed by atoms with Crippen LogP contribution in [0.15, 0.2) is 28.4 Å². The highest BCUT2D eigenvalue weighted by Crippen LogP contribution is 2.30. The van der Waals surface area contributed by atoms with Gasteiger partial charge >= 0.3 is 11.9 Å². The number of carbonyl (C=O) groups is 2. The van der Waals surface area contributed by atoms with Gasteiger partial charge in [-0.1, -0.05) is 17.4 Å². The number of nitrogens with zero attached hydrogens (tertiary/aromatic N) is 3. The van der Waals surface area contributed by atoms with E-state index >= 15 is 0 Å². The van der Waals surface area contributed by atoms with Crippen LogP contribution in [0.25, 0.3) is 0 Å². The molecule has 26 heavy (non-hydrogen) atoms. The van der Waals surface area contributed by atoms with Crippen molar-refractivity contribution in [3.8, 4) is 0 Å². The Morgan fingerprint density at radius 3 is 2.62 bits per heavy atom. The van der Waals surface area contributed by atoms with Crippen molar-refractivity contribution in [3.63, 3.8) is 0 Å². The van der Waals surface area contributed by atoms with Crippen LogP contribution >= 0.6 is 11.3 Å². The first kappa shape index (κ1) is 19.5. The molecule has 138 valence electrons. The number of hydrogen-bond donors (Lipinski definition) is 1. The molecule has 9 heteroatoms. The van der Waals surface area contributed by atoms with Crippen LogP contribution in [-0.4, -0.2) is 30.1 Å². The summed E-state index contributed by atoms with van der Waals surface area (Å²) in [5.74, 6) is -1.03. The van der Waals surface area contributed by atoms with Crippen LogP contribution in [-0.2, 0) is 20.7 Å². The van der Waals surface area contributed by atoms with Crippen LogP contribution in [0.2, 0.25) is 0 Å². The maximum absolute atomic E-state index is 12.1. The highest BCUT2D eigenvalue weighted by atomic mass is 32.1. The summed E-state index contributed by atoms with van der Waals surface area (Å²) in [6.45, 7) is 5.78. The lowest BCUT2D eigenvalue weighted by Crippen LogP contribution is -2.12. The first-order valence-corrected chi connectivity index (χ1v) is 8.86. The van der Waals surface area contributed by atoms with Crippen molar-refractivity contribution >= 4 is 39.8 Å². The molecule has 2 rings (SSSR count). The molecule has 1 heterocycles. The van der Waals surface area contributed by atoms with Gasteiger partial charge in [0.2, 0.25) is 5.13 Å². The monoisotopic (exact) mass is 376 g/mol. The van der Waals surface area contributed by atoms with E-state index in [1.54, 1.807) is 26.0 Å². The number of ether oxygens (including phenoxy) is 2. The van der Waals surface area contributed by atoms with Gasteiger partial charge in [-0.3, -0.25) is 4.79 Å². The lowest BCUT2D eigenvalue weighted by Gasteiger charge is -2.02. The minimum absolute atomic E-state index is 0.138. The van der Waals surface area contributed by atoms with Crippen molar-refractivity contribution in [1.82, 2.24) is 4.98 Å². The van der Waals surface area contributed by atoms with Gasteiger partial charge < -0.3 is 15.2 Å². The third-order valence-electron chi connectivity index (χ3n) is 3.19. The number of nitrogens with two attached hydrogens (primary N) is 1. The average Bonchev–Trinajstić information content (AvgIpc) is 2.99. The summed E-state index contributed by atoms with van der Waals surface area (Å²) in [6.07, 6.45) is -0.138. The molecule has 0 aliphatic carbocycles. The van der Waals surface area contributed by atoms with Crippen molar-refractivity contribution < 1.29 is 19.1 Å². The zero-order chi connectivity index (χ0) is 19.1. The predicted molar refractivity (Wildman–Crippen MR) is 98.2 cm³/mol. The van der Waals surface area contributed by atoms with Crippen LogP contribution in [0.1, 0.15) is 34.8 Å².